The largest absolute Gasteiger partial charge is 0.337 e. The van der Waals surface area contributed by atoms with Crippen LogP contribution in [0.1, 0.15) is 18.4 Å². The maximum atomic E-state index is 12.6. The molecule has 0 spiro atoms. The van der Waals surface area contributed by atoms with E-state index in [1.807, 2.05) is 43.3 Å². The van der Waals surface area contributed by atoms with Gasteiger partial charge in [-0.15, -0.1) is 11.8 Å². The maximum Gasteiger partial charge on any atom is 0.246 e. The van der Waals surface area contributed by atoms with Crippen molar-refractivity contribution in [2.45, 2.75) is 24.5 Å². The number of hydrogen-bond donors (Lipinski definition) is 0. The molecule has 3 aromatic rings. The quantitative estimate of drug-likeness (QED) is 0.575. The number of aromatic nitrogens is 2. The fourth-order valence-corrected chi connectivity index (χ4v) is 3.71. The van der Waals surface area contributed by atoms with Crippen LogP contribution in [0.5, 0.6) is 0 Å². The third-order valence-corrected chi connectivity index (χ3v) is 5.55. The molecule has 0 radical (unpaired) electrons. The van der Waals surface area contributed by atoms with Gasteiger partial charge >= 0.3 is 0 Å². The summed E-state index contributed by atoms with van der Waals surface area (Å²) in [4.78, 5) is 18.6. The molecule has 7 heteroatoms. The summed E-state index contributed by atoms with van der Waals surface area (Å²) < 4.78 is 5.28. The highest BCUT2D eigenvalue weighted by molar-refractivity contribution is 7.99. The Bertz CT molecular complexity index is 901. The molecule has 5 nitrogen and oxygen atoms in total. The van der Waals surface area contributed by atoms with Gasteiger partial charge in [-0.3, -0.25) is 4.79 Å². The third kappa shape index (κ3) is 5.11. The topological polar surface area (TPSA) is 59.2 Å². The van der Waals surface area contributed by atoms with Crippen LogP contribution in [0.2, 0.25) is 5.02 Å². The van der Waals surface area contributed by atoms with E-state index in [2.05, 4.69) is 22.3 Å². The van der Waals surface area contributed by atoms with Crippen LogP contribution in [0, 0.1) is 0 Å². The van der Waals surface area contributed by atoms with Gasteiger partial charge in [-0.05, 0) is 24.6 Å². The highest BCUT2D eigenvalue weighted by Crippen LogP contribution is 2.25. The van der Waals surface area contributed by atoms with Gasteiger partial charge in [0.2, 0.25) is 17.6 Å². The Labute approximate surface area is 167 Å². The monoisotopic (exact) mass is 401 g/mol. The molecule has 0 unspecified atom stereocenters. The first-order valence-electron chi connectivity index (χ1n) is 8.52. The number of halogens is 1. The predicted octanol–water partition coefficient (Wildman–Crippen LogP) is 4.67. The molecule has 0 aliphatic carbocycles. The number of amides is 1. The SMILES string of the molecule is C[C@@H](SCc1ccccc1)C(=O)N(C)Cc1nc(-c2ccccc2Cl)no1. The number of carbonyl (C=O) groups is 1. The van der Waals surface area contributed by atoms with Gasteiger partial charge in [0.1, 0.15) is 0 Å². The zero-order valence-corrected chi connectivity index (χ0v) is 16.7. The number of nitrogens with zero attached hydrogens (tertiary/aromatic N) is 3. The Morgan fingerprint density at radius 3 is 2.63 bits per heavy atom. The molecule has 0 bridgehead atoms. The summed E-state index contributed by atoms with van der Waals surface area (Å²) >= 11 is 7.77. The van der Waals surface area contributed by atoms with E-state index in [1.54, 1.807) is 29.8 Å². The molecule has 140 valence electrons. The smallest absolute Gasteiger partial charge is 0.246 e. The van der Waals surface area contributed by atoms with E-state index in [-0.39, 0.29) is 17.7 Å². The Morgan fingerprint density at radius 1 is 1.19 bits per heavy atom. The van der Waals surface area contributed by atoms with Gasteiger partial charge in [0.15, 0.2) is 0 Å². The summed E-state index contributed by atoms with van der Waals surface area (Å²) in [6.07, 6.45) is 0. The van der Waals surface area contributed by atoms with Crippen molar-refractivity contribution in [1.82, 2.24) is 15.0 Å². The van der Waals surface area contributed by atoms with Crippen molar-refractivity contribution in [3.05, 3.63) is 71.1 Å². The molecule has 0 aliphatic heterocycles. The van der Waals surface area contributed by atoms with Gasteiger partial charge in [-0.1, -0.05) is 59.2 Å². The second-order valence-electron chi connectivity index (χ2n) is 6.12. The molecule has 1 aromatic heterocycles. The second-order valence-corrected chi connectivity index (χ2v) is 7.86. The van der Waals surface area contributed by atoms with Crippen molar-refractivity contribution in [3.63, 3.8) is 0 Å². The summed E-state index contributed by atoms with van der Waals surface area (Å²) in [5, 5.41) is 4.36. The van der Waals surface area contributed by atoms with Gasteiger partial charge < -0.3 is 9.42 Å². The summed E-state index contributed by atoms with van der Waals surface area (Å²) in [7, 11) is 1.74. The first-order valence-corrected chi connectivity index (χ1v) is 9.95. The third-order valence-electron chi connectivity index (χ3n) is 4.02. The van der Waals surface area contributed by atoms with Crippen molar-refractivity contribution < 1.29 is 9.32 Å². The highest BCUT2D eigenvalue weighted by atomic mass is 35.5. The van der Waals surface area contributed by atoms with Crippen LogP contribution in [0.4, 0.5) is 0 Å². The maximum absolute atomic E-state index is 12.6. The average Bonchev–Trinajstić information content (AvgIpc) is 3.14. The molecule has 2 aromatic carbocycles. The van der Waals surface area contributed by atoms with Crippen LogP contribution < -0.4 is 0 Å². The Balaban J connectivity index is 1.57. The molecule has 0 N–H and O–H groups in total. The van der Waals surface area contributed by atoms with E-state index >= 15 is 0 Å². The minimum absolute atomic E-state index is 0.0217. The summed E-state index contributed by atoms with van der Waals surface area (Å²) in [5.74, 6) is 1.61. The van der Waals surface area contributed by atoms with Gasteiger partial charge in [-0.25, -0.2) is 0 Å². The van der Waals surface area contributed by atoms with E-state index in [0.717, 1.165) is 5.75 Å². The molecule has 0 saturated heterocycles. The molecule has 1 atom stereocenters. The molecule has 1 amide bonds. The van der Waals surface area contributed by atoms with Crippen LogP contribution in [-0.2, 0) is 17.1 Å². The van der Waals surface area contributed by atoms with Crippen LogP contribution >= 0.6 is 23.4 Å². The van der Waals surface area contributed by atoms with Crippen LogP contribution in [0.15, 0.2) is 59.1 Å². The average molecular weight is 402 g/mol. The Hall–Kier alpha value is -2.31. The normalized spacial score (nSPS) is 12.0. The zero-order chi connectivity index (χ0) is 19.2. The standard InChI is InChI=1S/C20H20ClN3O2S/c1-14(27-13-15-8-4-3-5-9-15)20(25)24(2)12-18-22-19(23-26-18)16-10-6-7-11-17(16)21/h3-11,14H,12-13H2,1-2H3/t14-/m1/s1. The molecule has 0 saturated carbocycles. The first kappa shape index (κ1) is 19.5. The number of hydrogen-bond acceptors (Lipinski definition) is 5. The summed E-state index contributed by atoms with van der Waals surface area (Å²) in [6, 6.07) is 17.4. The van der Waals surface area contributed by atoms with E-state index in [0.29, 0.717) is 22.3 Å². The molecular weight excluding hydrogens is 382 g/mol. The van der Waals surface area contributed by atoms with Crippen molar-refractivity contribution in [2.24, 2.45) is 0 Å². The van der Waals surface area contributed by atoms with Crippen molar-refractivity contribution in [1.29, 1.82) is 0 Å². The number of rotatable bonds is 7. The summed E-state index contributed by atoms with van der Waals surface area (Å²) in [6.45, 7) is 2.17. The van der Waals surface area contributed by atoms with Crippen LogP contribution in [0.25, 0.3) is 11.4 Å². The lowest BCUT2D eigenvalue weighted by molar-refractivity contribution is -0.129. The zero-order valence-electron chi connectivity index (χ0n) is 15.1. The molecular formula is C20H20ClN3O2S. The van der Waals surface area contributed by atoms with E-state index in [1.165, 1.54) is 5.56 Å². The van der Waals surface area contributed by atoms with Gasteiger partial charge in [0, 0.05) is 18.4 Å². The Kier molecular flexibility index (Phi) is 6.53. The lowest BCUT2D eigenvalue weighted by atomic mass is 10.2. The van der Waals surface area contributed by atoms with Crippen LogP contribution in [0.3, 0.4) is 0 Å². The van der Waals surface area contributed by atoms with E-state index in [9.17, 15) is 4.79 Å². The minimum Gasteiger partial charge on any atom is -0.337 e. The second kappa shape index (κ2) is 9.06. The summed E-state index contributed by atoms with van der Waals surface area (Å²) in [5.41, 5.74) is 1.90. The molecule has 3 rings (SSSR count). The molecule has 1 heterocycles. The fraction of sp³-hybridized carbons (Fsp3) is 0.250. The van der Waals surface area contributed by atoms with Crippen molar-refractivity contribution in [3.8, 4) is 11.4 Å². The molecule has 27 heavy (non-hydrogen) atoms. The van der Waals surface area contributed by atoms with Gasteiger partial charge in [0.25, 0.3) is 0 Å². The highest BCUT2D eigenvalue weighted by Gasteiger charge is 2.20. The van der Waals surface area contributed by atoms with Gasteiger partial charge in [0.05, 0.1) is 16.8 Å². The van der Waals surface area contributed by atoms with Crippen molar-refractivity contribution >= 4 is 29.3 Å². The number of benzene rings is 2. The predicted molar refractivity (Wildman–Crippen MR) is 108 cm³/mol. The lowest BCUT2D eigenvalue weighted by Gasteiger charge is -2.19. The van der Waals surface area contributed by atoms with E-state index < -0.39 is 0 Å². The van der Waals surface area contributed by atoms with Crippen molar-refractivity contribution in [2.75, 3.05) is 7.05 Å². The first-order chi connectivity index (χ1) is 13.0. The number of carbonyl (C=O) groups excluding carboxylic acids is 1. The van der Waals surface area contributed by atoms with Crippen LogP contribution in [-0.4, -0.2) is 33.2 Å². The minimum atomic E-state index is -0.166. The molecule has 0 aliphatic rings. The van der Waals surface area contributed by atoms with E-state index in [4.69, 9.17) is 16.1 Å². The lowest BCUT2D eigenvalue weighted by Crippen LogP contribution is -2.33. The Morgan fingerprint density at radius 2 is 1.89 bits per heavy atom. The number of thioether (sulfide) groups is 1. The van der Waals surface area contributed by atoms with Gasteiger partial charge in [-0.2, -0.15) is 4.98 Å². The molecule has 0 fully saturated rings. The fourth-order valence-electron chi connectivity index (χ4n) is 2.53.